The Labute approximate surface area is 156 Å². The number of aliphatic carboxylic acids is 1. The molecule has 1 aromatic carbocycles. The standard InChI is InChI=1S/C18H27NO4.Li/c1-12(2)9-10-23-15-7-5-14(6-8-15)17(20)19-16(18(21)22)11-13(3)4;/h5-8,12-13,16H,9-11H2,1-4H3,(H,19,20)(H,21,22);/q;+1/p-1. The zero-order valence-corrected chi connectivity index (χ0v) is 15.3. The number of carbonyl (C=O) groups excluding carboxylic acids is 2. The second-order valence-corrected chi connectivity index (χ2v) is 6.53. The van der Waals surface area contributed by atoms with Crippen molar-refractivity contribution < 1.29 is 38.3 Å². The number of carboxylic acid groups (broad SMARTS) is 1. The van der Waals surface area contributed by atoms with Gasteiger partial charge in [0.1, 0.15) is 5.75 Å². The van der Waals surface area contributed by atoms with Crippen molar-refractivity contribution in [1.29, 1.82) is 0 Å². The average molecular weight is 327 g/mol. The number of carboxylic acids is 1. The van der Waals surface area contributed by atoms with Crippen molar-refractivity contribution in [3.05, 3.63) is 29.8 Å². The second-order valence-electron chi connectivity index (χ2n) is 6.53. The molecule has 1 rings (SSSR count). The van der Waals surface area contributed by atoms with E-state index >= 15 is 0 Å². The molecular weight excluding hydrogens is 301 g/mol. The molecule has 6 heteroatoms. The van der Waals surface area contributed by atoms with Gasteiger partial charge in [-0.3, -0.25) is 4.79 Å². The van der Waals surface area contributed by atoms with Crippen LogP contribution in [0.5, 0.6) is 5.75 Å². The van der Waals surface area contributed by atoms with Gasteiger partial charge in [-0.2, -0.15) is 0 Å². The number of rotatable bonds is 9. The Kier molecular flexibility index (Phi) is 10.5. The van der Waals surface area contributed by atoms with Gasteiger partial charge < -0.3 is 20.0 Å². The van der Waals surface area contributed by atoms with Crippen LogP contribution >= 0.6 is 0 Å². The molecule has 0 radical (unpaired) electrons. The minimum atomic E-state index is -1.26. The average Bonchev–Trinajstić information content (AvgIpc) is 2.46. The topological polar surface area (TPSA) is 78.5 Å². The van der Waals surface area contributed by atoms with E-state index in [0.29, 0.717) is 30.3 Å². The molecule has 0 aromatic heterocycles. The second kappa shape index (κ2) is 11.2. The minimum absolute atomic E-state index is 0. The summed E-state index contributed by atoms with van der Waals surface area (Å²) in [6.07, 6.45) is 1.30. The van der Waals surface area contributed by atoms with Gasteiger partial charge in [-0.1, -0.05) is 27.7 Å². The number of nitrogens with one attached hydrogen (secondary N) is 1. The predicted octanol–water partition coefficient (Wildman–Crippen LogP) is -0.990. The number of hydrogen-bond donors (Lipinski definition) is 1. The first-order chi connectivity index (χ1) is 10.8. The van der Waals surface area contributed by atoms with Gasteiger partial charge in [0.05, 0.1) is 18.6 Å². The summed E-state index contributed by atoms with van der Waals surface area (Å²) in [4.78, 5) is 23.2. The van der Waals surface area contributed by atoms with Crippen molar-refractivity contribution in [3.8, 4) is 5.75 Å². The fraction of sp³-hybridized carbons (Fsp3) is 0.556. The molecule has 0 aliphatic rings. The van der Waals surface area contributed by atoms with E-state index in [-0.39, 0.29) is 24.8 Å². The molecule has 24 heavy (non-hydrogen) atoms. The van der Waals surface area contributed by atoms with Gasteiger partial charge in [-0.05, 0) is 48.9 Å². The molecule has 0 aliphatic carbocycles. The van der Waals surface area contributed by atoms with Gasteiger partial charge in [0.2, 0.25) is 0 Å². The Morgan fingerprint density at radius 1 is 1.08 bits per heavy atom. The van der Waals surface area contributed by atoms with Crippen molar-refractivity contribution in [2.24, 2.45) is 11.8 Å². The smallest absolute Gasteiger partial charge is 0.548 e. The van der Waals surface area contributed by atoms with Gasteiger partial charge >= 0.3 is 18.9 Å². The zero-order valence-electron chi connectivity index (χ0n) is 15.3. The molecular formula is C18H26LiNO4. The van der Waals surface area contributed by atoms with Crippen LogP contribution in [-0.2, 0) is 4.79 Å². The van der Waals surface area contributed by atoms with Crippen LogP contribution in [-0.4, -0.2) is 24.5 Å². The molecule has 0 heterocycles. The van der Waals surface area contributed by atoms with Crippen LogP contribution in [0.2, 0.25) is 0 Å². The van der Waals surface area contributed by atoms with Crippen LogP contribution in [0.3, 0.4) is 0 Å². The number of ether oxygens (including phenoxy) is 1. The third-order valence-electron chi connectivity index (χ3n) is 3.38. The van der Waals surface area contributed by atoms with Crippen molar-refractivity contribution in [2.45, 2.75) is 46.6 Å². The number of carbonyl (C=O) groups is 2. The molecule has 0 bridgehead atoms. The van der Waals surface area contributed by atoms with Gasteiger partial charge in [0, 0.05) is 5.56 Å². The summed E-state index contributed by atoms with van der Waals surface area (Å²) in [6.45, 7) is 8.67. The van der Waals surface area contributed by atoms with Crippen LogP contribution in [0, 0.1) is 11.8 Å². The summed E-state index contributed by atoms with van der Waals surface area (Å²) < 4.78 is 5.59. The fourth-order valence-corrected chi connectivity index (χ4v) is 2.04. The molecule has 0 spiro atoms. The monoisotopic (exact) mass is 327 g/mol. The Bertz CT molecular complexity index is 514. The molecule has 1 unspecified atom stereocenters. The maximum Gasteiger partial charge on any atom is 1.00 e. The summed E-state index contributed by atoms with van der Waals surface area (Å²) in [5.74, 6) is -0.271. The molecule has 1 N–H and O–H groups in total. The molecule has 1 atom stereocenters. The van der Waals surface area contributed by atoms with Crippen molar-refractivity contribution in [2.75, 3.05) is 6.61 Å². The van der Waals surface area contributed by atoms with E-state index in [0.717, 1.165) is 6.42 Å². The fourth-order valence-electron chi connectivity index (χ4n) is 2.04. The summed E-state index contributed by atoms with van der Waals surface area (Å²) in [5.41, 5.74) is 0.399. The van der Waals surface area contributed by atoms with Crippen molar-refractivity contribution >= 4 is 11.9 Å². The molecule has 0 aliphatic heterocycles. The molecule has 0 fully saturated rings. The molecule has 0 saturated heterocycles. The molecule has 0 saturated carbocycles. The van der Waals surface area contributed by atoms with E-state index in [1.807, 2.05) is 13.8 Å². The van der Waals surface area contributed by atoms with E-state index in [1.165, 1.54) is 0 Å². The van der Waals surface area contributed by atoms with Crippen LogP contribution in [0.25, 0.3) is 0 Å². The van der Waals surface area contributed by atoms with Crippen LogP contribution < -0.4 is 34.0 Å². The molecule has 5 nitrogen and oxygen atoms in total. The quantitative estimate of drug-likeness (QED) is 0.591. The molecule has 128 valence electrons. The third kappa shape index (κ3) is 8.42. The Balaban J connectivity index is 0.00000529. The normalized spacial score (nSPS) is 11.8. The molecule has 1 aromatic rings. The zero-order chi connectivity index (χ0) is 17.4. The van der Waals surface area contributed by atoms with E-state index in [9.17, 15) is 14.7 Å². The first-order valence-electron chi connectivity index (χ1n) is 8.04. The molecule has 1 amide bonds. The van der Waals surface area contributed by atoms with Gasteiger partial charge in [-0.15, -0.1) is 0 Å². The predicted molar refractivity (Wildman–Crippen MR) is 87.1 cm³/mol. The Morgan fingerprint density at radius 2 is 1.67 bits per heavy atom. The first-order valence-corrected chi connectivity index (χ1v) is 8.04. The van der Waals surface area contributed by atoms with Crippen molar-refractivity contribution in [1.82, 2.24) is 5.32 Å². The number of amides is 1. The van der Waals surface area contributed by atoms with E-state index in [2.05, 4.69) is 19.2 Å². The van der Waals surface area contributed by atoms with E-state index in [1.54, 1.807) is 24.3 Å². The van der Waals surface area contributed by atoms with Gasteiger partial charge in [0.15, 0.2) is 0 Å². The van der Waals surface area contributed by atoms with Gasteiger partial charge in [-0.25, -0.2) is 0 Å². The summed E-state index contributed by atoms with van der Waals surface area (Å²) in [7, 11) is 0. The number of benzene rings is 1. The summed E-state index contributed by atoms with van der Waals surface area (Å²) in [5, 5.41) is 13.6. The maximum atomic E-state index is 12.1. The maximum absolute atomic E-state index is 12.1. The minimum Gasteiger partial charge on any atom is -0.548 e. The Hall–Kier alpha value is -1.44. The van der Waals surface area contributed by atoms with Crippen LogP contribution in [0.1, 0.15) is 50.9 Å². The largest absolute Gasteiger partial charge is 1.00 e. The SMILES string of the molecule is CC(C)CCOc1ccc(C(=O)NC(CC(C)C)C(=O)[O-])cc1.[Li+]. The van der Waals surface area contributed by atoms with Crippen LogP contribution in [0.4, 0.5) is 0 Å². The Morgan fingerprint density at radius 3 is 2.12 bits per heavy atom. The summed E-state index contributed by atoms with van der Waals surface area (Å²) in [6, 6.07) is 5.70. The third-order valence-corrected chi connectivity index (χ3v) is 3.38. The van der Waals surface area contributed by atoms with Crippen molar-refractivity contribution in [3.63, 3.8) is 0 Å². The first kappa shape index (κ1) is 22.6. The summed E-state index contributed by atoms with van der Waals surface area (Å²) >= 11 is 0. The van der Waals surface area contributed by atoms with Crippen LogP contribution in [0.15, 0.2) is 24.3 Å². The van der Waals surface area contributed by atoms with E-state index in [4.69, 9.17) is 4.74 Å². The van der Waals surface area contributed by atoms with Gasteiger partial charge in [0.25, 0.3) is 5.91 Å². The van der Waals surface area contributed by atoms with E-state index < -0.39 is 17.9 Å². The number of hydrogen-bond acceptors (Lipinski definition) is 4.